The van der Waals surface area contributed by atoms with Crippen molar-refractivity contribution in [2.75, 3.05) is 32.7 Å². The van der Waals surface area contributed by atoms with Crippen molar-refractivity contribution in [2.24, 2.45) is 33.2 Å². The number of nitrogens with two attached hydrogens (primary N) is 2. The largest absolute Gasteiger partial charge is 0.350 e. The molecule has 5 aliphatic rings. The number of amides is 2. The number of carbonyl (C=O) groups is 2. The Morgan fingerprint density at radius 2 is 2.17 bits per heavy atom. The minimum Gasteiger partial charge on any atom is -0.350 e. The molecule has 1 saturated carbocycles. The quantitative estimate of drug-likeness (QED) is 0.391. The molecular weight excluding hydrogens is 461 g/mol. The lowest BCUT2D eigenvalue weighted by atomic mass is 9.79. The van der Waals surface area contributed by atoms with Crippen molar-refractivity contribution in [3.05, 3.63) is 5.83 Å². The van der Waals surface area contributed by atoms with Crippen molar-refractivity contribution < 1.29 is 14.0 Å². The first-order valence-electron chi connectivity index (χ1n) is 13.7. The predicted octanol–water partition coefficient (Wildman–Crippen LogP) is 0.491. The molecular formula is C26H42FN7O2. The van der Waals surface area contributed by atoms with Crippen LogP contribution in [-0.2, 0) is 9.59 Å². The summed E-state index contributed by atoms with van der Waals surface area (Å²) in [5.74, 6) is 1.49. The van der Waals surface area contributed by atoms with E-state index in [0.717, 1.165) is 51.9 Å². The molecule has 6 unspecified atom stereocenters. The Kier molecular flexibility index (Phi) is 7.02. The van der Waals surface area contributed by atoms with Crippen LogP contribution in [0.5, 0.6) is 0 Å². The Morgan fingerprint density at radius 3 is 2.92 bits per heavy atom. The van der Waals surface area contributed by atoms with Gasteiger partial charge in [0, 0.05) is 57.0 Å². The predicted molar refractivity (Wildman–Crippen MR) is 136 cm³/mol. The van der Waals surface area contributed by atoms with E-state index >= 15 is 0 Å². The van der Waals surface area contributed by atoms with E-state index in [2.05, 4.69) is 40.2 Å². The maximum atomic E-state index is 14.5. The van der Waals surface area contributed by atoms with Gasteiger partial charge in [0.2, 0.25) is 11.8 Å². The fourth-order valence-electron chi connectivity index (χ4n) is 7.66. The Hall–Kier alpha value is -1.84. The number of allylic oxidation sites excluding steroid dienone is 1. The summed E-state index contributed by atoms with van der Waals surface area (Å²) in [4.78, 5) is 34.7. The summed E-state index contributed by atoms with van der Waals surface area (Å²) in [7, 11) is 0. The average Bonchev–Trinajstić information content (AvgIpc) is 3.20. The SMILES string of the molecule is CCC12CC(C(C(=O)NC3CNCCC3N3CCN4C(=O)CC[C@H]4C3)C(N)N)N=C=C(F)CC1(C)C2. The van der Waals surface area contributed by atoms with Crippen LogP contribution in [0.3, 0.4) is 0 Å². The molecule has 0 aromatic rings. The highest BCUT2D eigenvalue weighted by molar-refractivity contribution is 5.81. The van der Waals surface area contributed by atoms with Crippen molar-refractivity contribution in [1.29, 1.82) is 0 Å². The molecule has 6 N–H and O–H groups in total. The number of fused-ring (bicyclic) bond motifs is 2. The Bertz CT molecular complexity index is 953. The zero-order valence-corrected chi connectivity index (χ0v) is 21.6. The highest BCUT2D eigenvalue weighted by Gasteiger charge is 2.64. The first-order valence-corrected chi connectivity index (χ1v) is 13.7. The third kappa shape index (κ3) is 4.63. The van der Waals surface area contributed by atoms with Crippen LogP contribution in [0.15, 0.2) is 10.8 Å². The van der Waals surface area contributed by atoms with Crippen molar-refractivity contribution in [1.82, 2.24) is 20.4 Å². The molecule has 2 amide bonds. The minimum absolute atomic E-state index is 0.0542. The smallest absolute Gasteiger partial charge is 0.228 e. The zero-order chi connectivity index (χ0) is 25.7. The van der Waals surface area contributed by atoms with E-state index in [-0.39, 0.29) is 46.6 Å². The second-order valence-electron chi connectivity index (χ2n) is 12.0. The van der Waals surface area contributed by atoms with Crippen LogP contribution >= 0.6 is 0 Å². The van der Waals surface area contributed by atoms with Gasteiger partial charge in [-0.2, -0.15) is 0 Å². The van der Waals surface area contributed by atoms with Gasteiger partial charge in [0.1, 0.15) is 0 Å². The molecule has 4 fully saturated rings. The number of halogens is 1. The van der Waals surface area contributed by atoms with E-state index in [0.29, 0.717) is 25.8 Å². The summed E-state index contributed by atoms with van der Waals surface area (Å²) in [6.45, 7) is 8.19. The number of rotatable bonds is 6. The number of nitrogens with one attached hydrogen (secondary N) is 2. The van der Waals surface area contributed by atoms with Gasteiger partial charge < -0.3 is 27.0 Å². The van der Waals surface area contributed by atoms with E-state index in [1.54, 1.807) is 0 Å². The molecule has 200 valence electrons. The topological polar surface area (TPSA) is 129 Å². The molecule has 0 aromatic carbocycles. The molecule has 5 rings (SSSR count). The average molecular weight is 504 g/mol. The van der Waals surface area contributed by atoms with Gasteiger partial charge >= 0.3 is 0 Å². The zero-order valence-electron chi connectivity index (χ0n) is 21.6. The number of aliphatic imine (C=N–C) groups is 1. The summed E-state index contributed by atoms with van der Waals surface area (Å²) in [6.07, 6.45) is 4.37. The lowest BCUT2D eigenvalue weighted by molar-refractivity contribution is -0.131. The van der Waals surface area contributed by atoms with Gasteiger partial charge in [-0.05, 0) is 49.5 Å². The van der Waals surface area contributed by atoms with Gasteiger partial charge in [-0.3, -0.25) is 14.5 Å². The van der Waals surface area contributed by atoms with Gasteiger partial charge in [0.05, 0.1) is 24.2 Å². The maximum Gasteiger partial charge on any atom is 0.228 e. The van der Waals surface area contributed by atoms with Crippen LogP contribution in [0.4, 0.5) is 4.39 Å². The number of nitrogens with zero attached hydrogens (tertiary/aromatic N) is 3. The fourth-order valence-corrected chi connectivity index (χ4v) is 7.66. The molecule has 1 aliphatic carbocycles. The van der Waals surface area contributed by atoms with E-state index in [9.17, 15) is 14.0 Å². The monoisotopic (exact) mass is 503 g/mol. The molecule has 36 heavy (non-hydrogen) atoms. The van der Waals surface area contributed by atoms with Gasteiger partial charge in [-0.25, -0.2) is 9.38 Å². The van der Waals surface area contributed by atoms with Gasteiger partial charge in [0.25, 0.3) is 0 Å². The van der Waals surface area contributed by atoms with Gasteiger partial charge in [0.15, 0.2) is 5.83 Å². The number of hydrogen-bond donors (Lipinski definition) is 4. The van der Waals surface area contributed by atoms with Crippen LogP contribution in [0.2, 0.25) is 0 Å². The van der Waals surface area contributed by atoms with Crippen molar-refractivity contribution in [2.45, 2.75) is 89.1 Å². The van der Waals surface area contributed by atoms with Crippen LogP contribution in [-0.4, -0.2) is 90.5 Å². The van der Waals surface area contributed by atoms with Crippen molar-refractivity contribution >= 4 is 17.7 Å². The molecule has 0 bridgehead atoms. The van der Waals surface area contributed by atoms with Gasteiger partial charge in [-0.15, -0.1) is 0 Å². The fraction of sp³-hybridized carbons (Fsp3) is 0.846. The van der Waals surface area contributed by atoms with Crippen LogP contribution in [0, 0.1) is 16.7 Å². The van der Waals surface area contributed by atoms with E-state index < -0.39 is 18.1 Å². The summed E-state index contributed by atoms with van der Waals surface area (Å²) < 4.78 is 14.5. The lowest BCUT2D eigenvalue weighted by Gasteiger charge is -2.46. The summed E-state index contributed by atoms with van der Waals surface area (Å²) in [5.41, 5.74) is 12.2. The van der Waals surface area contributed by atoms with Crippen molar-refractivity contribution in [3.8, 4) is 0 Å². The number of piperidine rings is 1. The van der Waals surface area contributed by atoms with Crippen LogP contribution < -0.4 is 22.1 Å². The minimum atomic E-state index is -0.912. The summed E-state index contributed by atoms with van der Waals surface area (Å²) in [5, 5.41) is 6.67. The van der Waals surface area contributed by atoms with Gasteiger partial charge in [-0.1, -0.05) is 13.8 Å². The normalized spacial score (nSPS) is 39.7. The highest BCUT2D eigenvalue weighted by atomic mass is 19.1. The third-order valence-corrected chi connectivity index (χ3v) is 9.96. The molecule has 10 heteroatoms. The second-order valence-corrected chi connectivity index (χ2v) is 12.0. The third-order valence-electron chi connectivity index (χ3n) is 9.96. The second kappa shape index (κ2) is 9.80. The van der Waals surface area contributed by atoms with E-state index in [1.165, 1.54) is 0 Å². The highest BCUT2D eigenvalue weighted by Crippen LogP contribution is 2.71. The van der Waals surface area contributed by atoms with Crippen LogP contribution in [0.25, 0.3) is 0 Å². The molecule has 4 aliphatic heterocycles. The van der Waals surface area contributed by atoms with E-state index in [1.807, 2.05) is 4.90 Å². The first kappa shape index (κ1) is 25.8. The molecule has 0 spiro atoms. The Morgan fingerprint density at radius 1 is 1.36 bits per heavy atom. The lowest BCUT2D eigenvalue weighted by Crippen LogP contribution is -2.65. The summed E-state index contributed by atoms with van der Waals surface area (Å²) in [6, 6.07) is -0.172. The number of hydrogen-bond acceptors (Lipinski definition) is 7. The number of carbonyl (C=O) groups excluding carboxylic acids is 2. The van der Waals surface area contributed by atoms with Crippen LogP contribution in [0.1, 0.15) is 58.8 Å². The first-order chi connectivity index (χ1) is 17.2. The molecule has 0 radical (unpaired) electrons. The van der Waals surface area contributed by atoms with E-state index in [4.69, 9.17) is 11.5 Å². The Labute approximate surface area is 213 Å². The molecule has 4 heterocycles. The maximum absolute atomic E-state index is 14.5. The molecule has 9 nitrogen and oxygen atoms in total. The Balaban J connectivity index is 1.31. The van der Waals surface area contributed by atoms with Crippen molar-refractivity contribution in [3.63, 3.8) is 0 Å². The number of piperazine rings is 1. The molecule has 0 aromatic heterocycles. The molecule has 7 atom stereocenters. The standard InChI is InChI=1S/C26H42FN7O2/c1-3-26-11-18(31-12-16(27)10-25(26,2)15-26)22(23(28)29)24(36)32-19-13-30-7-6-20(19)33-8-9-34-17(14-33)4-5-21(34)35/h17-20,22-23,30H,3-11,13-15,28-29H2,1-2H3,(H,32,36)/t17-,18?,19?,20?,22?,25?,26?/m0/s1. The summed E-state index contributed by atoms with van der Waals surface area (Å²) >= 11 is 0. The molecule has 3 saturated heterocycles.